The number of rotatable bonds is 2. The molecule has 1 atom stereocenters. The maximum atomic E-state index is 12.3. The van der Waals surface area contributed by atoms with Gasteiger partial charge in [0, 0.05) is 10.0 Å². The first-order valence-corrected chi connectivity index (χ1v) is 4.66. The van der Waals surface area contributed by atoms with Crippen molar-refractivity contribution in [2.24, 2.45) is 5.73 Å². The van der Waals surface area contributed by atoms with Crippen LogP contribution in [0.4, 0.5) is 4.39 Å². The topological polar surface area (TPSA) is 46.2 Å². The van der Waals surface area contributed by atoms with Crippen LogP contribution in [0, 0.1) is 6.92 Å². The first kappa shape index (κ1) is 10.5. The summed E-state index contributed by atoms with van der Waals surface area (Å²) in [5.41, 5.74) is 6.63. The summed E-state index contributed by atoms with van der Waals surface area (Å²) >= 11 is 3.22. The van der Waals surface area contributed by atoms with Crippen LogP contribution in [-0.2, 0) is 0 Å². The van der Waals surface area contributed by atoms with E-state index in [1.807, 2.05) is 0 Å². The Morgan fingerprint density at radius 1 is 1.62 bits per heavy atom. The first-order chi connectivity index (χ1) is 6.07. The third-order valence-electron chi connectivity index (χ3n) is 1.90. The van der Waals surface area contributed by atoms with Gasteiger partial charge in [-0.1, -0.05) is 22.0 Å². The summed E-state index contributed by atoms with van der Waals surface area (Å²) in [5, 5.41) is 9.60. The van der Waals surface area contributed by atoms with Gasteiger partial charge in [0.25, 0.3) is 0 Å². The average Bonchev–Trinajstić information content (AvgIpc) is 2.12. The fourth-order valence-corrected chi connectivity index (χ4v) is 1.74. The third kappa shape index (κ3) is 2.00. The van der Waals surface area contributed by atoms with Crippen molar-refractivity contribution in [3.8, 4) is 5.75 Å². The van der Waals surface area contributed by atoms with Crippen LogP contribution in [0.3, 0.4) is 0 Å². The molecule has 0 aliphatic carbocycles. The molecule has 0 saturated carbocycles. The van der Waals surface area contributed by atoms with Crippen molar-refractivity contribution in [1.82, 2.24) is 0 Å². The second-order valence-electron chi connectivity index (χ2n) is 2.89. The minimum absolute atomic E-state index is 0.0690. The van der Waals surface area contributed by atoms with Crippen molar-refractivity contribution < 1.29 is 9.50 Å². The molecule has 1 rings (SSSR count). The molecule has 0 bridgehead atoms. The molecule has 2 nitrogen and oxygen atoms in total. The number of phenols is 1. The monoisotopic (exact) mass is 247 g/mol. The summed E-state index contributed by atoms with van der Waals surface area (Å²) in [6.07, 6.45) is 0. The van der Waals surface area contributed by atoms with Gasteiger partial charge in [0.05, 0.1) is 6.04 Å². The van der Waals surface area contributed by atoms with Gasteiger partial charge in [-0.25, -0.2) is 4.39 Å². The van der Waals surface area contributed by atoms with Crippen LogP contribution in [0.5, 0.6) is 5.75 Å². The predicted molar refractivity (Wildman–Crippen MR) is 53.4 cm³/mol. The number of aryl methyl sites for hydroxylation is 1. The number of benzene rings is 1. The van der Waals surface area contributed by atoms with Crippen LogP contribution in [-0.4, -0.2) is 11.8 Å². The van der Waals surface area contributed by atoms with Crippen LogP contribution >= 0.6 is 15.9 Å². The minimum Gasteiger partial charge on any atom is -0.507 e. The fourth-order valence-electron chi connectivity index (χ4n) is 1.12. The minimum atomic E-state index is -0.769. The molecule has 0 radical (unpaired) electrons. The Labute approximate surface area is 84.7 Å². The Hall–Kier alpha value is -0.610. The predicted octanol–water partition coefficient (Wildman–Crippen LogP) is 2.43. The summed E-state index contributed by atoms with van der Waals surface area (Å²) in [6.45, 7) is 1.06. The van der Waals surface area contributed by atoms with Crippen LogP contribution in [0.2, 0.25) is 0 Å². The lowest BCUT2D eigenvalue weighted by Gasteiger charge is -2.13. The van der Waals surface area contributed by atoms with E-state index in [-0.39, 0.29) is 5.75 Å². The molecule has 72 valence electrons. The second-order valence-corrected chi connectivity index (χ2v) is 3.74. The van der Waals surface area contributed by atoms with E-state index in [2.05, 4.69) is 15.9 Å². The van der Waals surface area contributed by atoms with Gasteiger partial charge in [-0.2, -0.15) is 0 Å². The molecule has 1 aromatic carbocycles. The van der Waals surface area contributed by atoms with Gasteiger partial charge in [0.1, 0.15) is 12.4 Å². The van der Waals surface area contributed by atoms with Crippen molar-refractivity contribution >= 4 is 15.9 Å². The van der Waals surface area contributed by atoms with Gasteiger partial charge in [0.15, 0.2) is 0 Å². The Morgan fingerprint density at radius 3 is 2.77 bits per heavy atom. The Bertz CT molecular complexity index is 317. The zero-order chi connectivity index (χ0) is 10.0. The van der Waals surface area contributed by atoms with E-state index in [1.165, 1.54) is 0 Å². The summed E-state index contributed by atoms with van der Waals surface area (Å²) in [6, 6.07) is 2.72. The summed E-state index contributed by atoms with van der Waals surface area (Å²) < 4.78 is 12.9. The molecule has 4 heteroatoms. The standard InChI is InChI=1S/C9H11BrFNO/c1-5-2-3-6(10)8(9(5)13)7(12)4-11/h2-3,7,13H,4,12H2,1H3. The highest BCUT2D eigenvalue weighted by Gasteiger charge is 2.15. The van der Waals surface area contributed by atoms with Crippen molar-refractivity contribution in [2.45, 2.75) is 13.0 Å². The average molecular weight is 248 g/mol. The number of phenolic OH excluding ortho intramolecular Hbond substituents is 1. The quantitative estimate of drug-likeness (QED) is 0.844. The highest BCUT2D eigenvalue weighted by Crippen LogP contribution is 2.33. The van der Waals surface area contributed by atoms with E-state index in [0.29, 0.717) is 15.6 Å². The van der Waals surface area contributed by atoms with Crippen LogP contribution in [0.15, 0.2) is 16.6 Å². The zero-order valence-corrected chi connectivity index (χ0v) is 8.81. The van der Waals surface area contributed by atoms with Gasteiger partial charge in [-0.15, -0.1) is 0 Å². The smallest absolute Gasteiger partial charge is 0.124 e. The first-order valence-electron chi connectivity index (χ1n) is 3.87. The van der Waals surface area contributed by atoms with Crippen molar-refractivity contribution in [2.75, 3.05) is 6.67 Å². The normalized spacial score (nSPS) is 12.9. The SMILES string of the molecule is Cc1ccc(Br)c(C(N)CF)c1O. The maximum absolute atomic E-state index is 12.3. The summed E-state index contributed by atoms with van der Waals surface area (Å²) in [5.74, 6) is 0.0690. The summed E-state index contributed by atoms with van der Waals surface area (Å²) in [4.78, 5) is 0. The van der Waals surface area contributed by atoms with Crippen molar-refractivity contribution in [3.63, 3.8) is 0 Å². The van der Waals surface area contributed by atoms with Crippen molar-refractivity contribution in [1.29, 1.82) is 0 Å². The summed E-state index contributed by atoms with van der Waals surface area (Å²) in [7, 11) is 0. The third-order valence-corrected chi connectivity index (χ3v) is 2.59. The molecule has 0 amide bonds. The Kier molecular flexibility index (Phi) is 3.27. The van der Waals surface area contributed by atoms with Crippen molar-refractivity contribution in [3.05, 3.63) is 27.7 Å². The van der Waals surface area contributed by atoms with Gasteiger partial charge in [-0.3, -0.25) is 0 Å². The second kappa shape index (κ2) is 4.07. The molecular formula is C9H11BrFNO. The lowest BCUT2D eigenvalue weighted by molar-refractivity contribution is 0.412. The number of halogens is 2. The number of aromatic hydroxyl groups is 1. The molecule has 0 aliphatic heterocycles. The van der Waals surface area contributed by atoms with Gasteiger partial charge in [-0.05, 0) is 18.6 Å². The zero-order valence-electron chi connectivity index (χ0n) is 7.22. The molecule has 13 heavy (non-hydrogen) atoms. The van der Waals surface area contributed by atoms with Gasteiger partial charge < -0.3 is 10.8 Å². The number of hydrogen-bond acceptors (Lipinski definition) is 2. The molecule has 1 aromatic rings. The largest absolute Gasteiger partial charge is 0.507 e. The molecule has 1 unspecified atom stereocenters. The maximum Gasteiger partial charge on any atom is 0.124 e. The van der Waals surface area contributed by atoms with E-state index < -0.39 is 12.7 Å². The van der Waals surface area contributed by atoms with Crippen LogP contribution in [0.1, 0.15) is 17.2 Å². The van der Waals surface area contributed by atoms with E-state index in [1.54, 1.807) is 19.1 Å². The highest BCUT2D eigenvalue weighted by molar-refractivity contribution is 9.10. The number of alkyl halides is 1. The fraction of sp³-hybridized carbons (Fsp3) is 0.333. The Balaban J connectivity index is 3.25. The molecule has 3 N–H and O–H groups in total. The van der Waals surface area contributed by atoms with Gasteiger partial charge in [0.2, 0.25) is 0 Å². The van der Waals surface area contributed by atoms with Crippen LogP contribution < -0.4 is 5.73 Å². The lowest BCUT2D eigenvalue weighted by atomic mass is 10.0. The number of nitrogens with two attached hydrogens (primary N) is 1. The molecule has 0 saturated heterocycles. The number of hydrogen-bond donors (Lipinski definition) is 2. The van der Waals surface area contributed by atoms with E-state index in [0.717, 1.165) is 0 Å². The van der Waals surface area contributed by atoms with E-state index in [4.69, 9.17) is 5.73 Å². The molecule has 0 spiro atoms. The lowest BCUT2D eigenvalue weighted by Crippen LogP contribution is -2.13. The van der Waals surface area contributed by atoms with Gasteiger partial charge >= 0.3 is 0 Å². The molecule has 0 fully saturated rings. The molecule has 0 aliphatic rings. The molecule has 0 heterocycles. The van der Waals surface area contributed by atoms with E-state index >= 15 is 0 Å². The molecular weight excluding hydrogens is 237 g/mol. The van der Waals surface area contributed by atoms with Crippen LogP contribution in [0.25, 0.3) is 0 Å². The molecule has 0 aromatic heterocycles. The highest BCUT2D eigenvalue weighted by atomic mass is 79.9. The van der Waals surface area contributed by atoms with E-state index in [9.17, 15) is 9.50 Å². The Morgan fingerprint density at radius 2 is 2.23 bits per heavy atom.